The minimum atomic E-state index is 0.703. The average Bonchev–Trinajstić information content (AvgIpc) is 2.38. The lowest BCUT2D eigenvalue weighted by atomic mass is 9.90. The van der Waals surface area contributed by atoms with Gasteiger partial charge in [-0.05, 0) is 42.7 Å². The Morgan fingerprint density at radius 3 is 2.24 bits per heavy atom. The second kappa shape index (κ2) is 8.11. The monoisotopic (exact) mass is 230 g/mol. The molecule has 0 aliphatic heterocycles. The van der Waals surface area contributed by atoms with Crippen LogP contribution in [-0.2, 0) is 6.42 Å². The highest BCUT2D eigenvalue weighted by atomic mass is 14.1. The van der Waals surface area contributed by atoms with Gasteiger partial charge in [-0.3, -0.25) is 0 Å². The Morgan fingerprint density at radius 2 is 1.71 bits per heavy atom. The highest BCUT2D eigenvalue weighted by Crippen LogP contribution is 2.25. The van der Waals surface area contributed by atoms with Gasteiger partial charge in [0.1, 0.15) is 0 Å². The molecule has 0 heterocycles. The molecular formula is C17H26. The summed E-state index contributed by atoms with van der Waals surface area (Å²) in [7, 11) is 0. The molecule has 0 amide bonds. The van der Waals surface area contributed by atoms with Crippen LogP contribution in [0, 0.1) is 0 Å². The molecule has 0 spiro atoms. The molecule has 1 aromatic carbocycles. The maximum Gasteiger partial charge on any atom is -0.0127 e. The van der Waals surface area contributed by atoms with Crippen molar-refractivity contribution in [1.82, 2.24) is 0 Å². The first-order chi connectivity index (χ1) is 8.31. The van der Waals surface area contributed by atoms with Crippen LogP contribution in [0.4, 0.5) is 0 Å². The zero-order chi connectivity index (χ0) is 12.5. The van der Waals surface area contributed by atoms with Crippen LogP contribution >= 0.6 is 0 Å². The fourth-order valence-corrected chi connectivity index (χ4v) is 2.22. The van der Waals surface area contributed by atoms with Gasteiger partial charge in [0, 0.05) is 0 Å². The fraction of sp³-hybridized carbons (Fsp3) is 0.529. The molecule has 1 unspecified atom stereocenters. The largest absolute Gasteiger partial charge is 0.0888 e. The molecule has 1 aromatic rings. The zero-order valence-electron chi connectivity index (χ0n) is 11.6. The molecular weight excluding hydrogens is 204 g/mol. The molecule has 0 bridgehead atoms. The zero-order valence-corrected chi connectivity index (χ0v) is 11.6. The number of benzene rings is 1. The Labute approximate surface area is 107 Å². The van der Waals surface area contributed by atoms with Crippen molar-refractivity contribution in [2.75, 3.05) is 0 Å². The number of aryl methyl sites for hydroxylation is 1. The van der Waals surface area contributed by atoms with E-state index in [1.165, 1.54) is 30.4 Å². The van der Waals surface area contributed by atoms with Crippen molar-refractivity contribution < 1.29 is 0 Å². The minimum Gasteiger partial charge on any atom is -0.0888 e. The molecule has 0 aliphatic rings. The lowest BCUT2D eigenvalue weighted by Gasteiger charge is -2.15. The summed E-state index contributed by atoms with van der Waals surface area (Å²) in [5.74, 6) is 0.703. The lowest BCUT2D eigenvalue weighted by molar-refractivity contribution is 0.620. The molecule has 0 saturated heterocycles. The Morgan fingerprint density at radius 1 is 1.00 bits per heavy atom. The van der Waals surface area contributed by atoms with Crippen LogP contribution in [0.3, 0.4) is 0 Å². The topological polar surface area (TPSA) is 0 Å². The third kappa shape index (κ3) is 4.77. The molecule has 0 nitrogen and oxygen atoms in total. The summed E-state index contributed by atoms with van der Waals surface area (Å²) in [6, 6.07) is 9.20. The molecule has 0 heteroatoms. The SMILES string of the molecule is CC/C=C\CC(CCC)c1ccc(CC)cc1. The summed E-state index contributed by atoms with van der Waals surface area (Å²) in [4.78, 5) is 0. The molecule has 0 radical (unpaired) electrons. The van der Waals surface area contributed by atoms with E-state index in [4.69, 9.17) is 0 Å². The van der Waals surface area contributed by atoms with Gasteiger partial charge in [-0.25, -0.2) is 0 Å². The fourth-order valence-electron chi connectivity index (χ4n) is 2.22. The summed E-state index contributed by atoms with van der Waals surface area (Å²) < 4.78 is 0. The van der Waals surface area contributed by atoms with Gasteiger partial charge in [-0.1, -0.05) is 63.6 Å². The predicted octanol–water partition coefficient (Wildman–Crippen LogP) is 5.49. The quantitative estimate of drug-likeness (QED) is 0.543. The van der Waals surface area contributed by atoms with E-state index < -0.39 is 0 Å². The van der Waals surface area contributed by atoms with E-state index in [0.29, 0.717) is 5.92 Å². The smallest absolute Gasteiger partial charge is 0.0127 e. The summed E-state index contributed by atoms with van der Waals surface area (Å²) >= 11 is 0. The molecule has 1 rings (SSSR count). The van der Waals surface area contributed by atoms with E-state index in [1.807, 2.05) is 0 Å². The van der Waals surface area contributed by atoms with Crippen LogP contribution in [0.2, 0.25) is 0 Å². The molecule has 1 atom stereocenters. The number of rotatable bonds is 7. The summed E-state index contributed by atoms with van der Waals surface area (Å²) in [6.07, 6.45) is 10.6. The van der Waals surface area contributed by atoms with Crippen molar-refractivity contribution in [3.8, 4) is 0 Å². The van der Waals surface area contributed by atoms with Crippen LogP contribution in [0.1, 0.15) is 63.5 Å². The van der Waals surface area contributed by atoms with Crippen molar-refractivity contribution in [2.45, 2.75) is 58.8 Å². The van der Waals surface area contributed by atoms with Crippen LogP contribution < -0.4 is 0 Å². The van der Waals surface area contributed by atoms with Crippen molar-refractivity contribution in [2.24, 2.45) is 0 Å². The molecule has 0 N–H and O–H groups in total. The van der Waals surface area contributed by atoms with Crippen molar-refractivity contribution >= 4 is 0 Å². The first-order valence-corrected chi connectivity index (χ1v) is 7.05. The van der Waals surface area contributed by atoms with Crippen molar-refractivity contribution in [3.05, 3.63) is 47.5 Å². The first kappa shape index (κ1) is 14.0. The van der Waals surface area contributed by atoms with E-state index in [0.717, 1.165) is 12.8 Å². The Bertz CT molecular complexity index is 318. The Kier molecular flexibility index (Phi) is 6.69. The number of hydrogen-bond acceptors (Lipinski definition) is 0. The minimum absolute atomic E-state index is 0.703. The van der Waals surface area contributed by atoms with Gasteiger partial charge >= 0.3 is 0 Å². The van der Waals surface area contributed by atoms with E-state index in [-0.39, 0.29) is 0 Å². The van der Waals surface area contributed by atoms with Gasteiger partial charge in [-0.15, -0.1) is 0 Å². The van der Waals surface area contributed by atoms with E-state index in [1.54, 1.807) is 0 Å². The summed E-state index contributed by atoms with van der Waals surface area (Å²) in [6.45, 7) is 6.68. The normalized spacial score (nSPS) is 13.1. The Balaban J connectivity index is 2.70. The van der Waals surface area contributed by atoms with Gasteiger partial charge in [-0.2, -0.15) is 0 Å². The van der Waals surface area contributed by atoms with Gasteiger partial charge in [0.25, 0.3) is 0 Å². The summed E-state index contributed by atoms with van der Waals surface area (Å²) in [5.41, 5.74) is 2.94. The molecule has 0 aromatic heterocycles. The van der Waals surface area contributed by atoms with Gasteiger partial charge in [0.05, 0.1) is 0 Å². The Hall–Kier alpha value is -1.04. The van der Waals surface area contributed by atoms with Gasteiger partial charge < -0.3 is 0 Å². The van der Waals surface area contributed by atoms with E-state index in [9.17, 15) is 0 Å². The molecule has 17 heavy (non-hydrogen) atoms. The standard InChI is InChI=1S/C17H26/c1-4-7-8-10-16(9-5-2)17-13-11-15(6-3)12-14-17/h7-8,11-14,16H,4-6,9-10H2,1-3H3/b8-7-. The first-order valence-electron chi connectivity index (χ1n) is 7.05. The second-order valence-corrected chi connectivity index (χ2v) is 4.70. The van der Waals surface area contributed by atoms with E-state index in [2.05, 4.69) is 57.2 Å². The van der Waals surface area contributed by atoms with Crippen LogP contribution in [0.15, 0.2) is 36.4 Å². The summed E-state index contributed by atoms with van der Waals surface area (Å²) in [5, 5.41) is 0. The van der Waals surface area contributed by atoms with Crippen molar-refractivity contribution in [1.29, 1.82) is 0 Å². The van der Waals surface area contributed by atoms with Gasteiger partial charge in [0.2, 0.25) is 0 Å². The highest BCUT2D eigenvalue weighted by molar-refractivity contribution is 5.25. The number of hydrogen-bond donors (Lipinski definition) is 0. The third-order valence-electron chi connectivity index (χ3n) is 3.32. The van der Waals surface area contributed by atoms with Crippen LogP contribution in [0.5, 0.6) is 0 Å². The lowest BCUT2D eigenvalue weighted by Crippen LogP contribution is -1.97. The molecule has 94 valence electrons. The maximum absolute atomic E-state index is 2.34. The third-order valence-corrected chi connectivity index (χ3v) is 3.32. The second-order valence-electron chi connectivity index (χ2n) is 4.70. The molecule has 0 aliphatic carbocycles. The maximum atomic E-state index is 2.34. The molecule has 0 fully saturated rings. The van der Waals surface area contributed by atoms with Crippen LogP contribution in [-0.4, -0.2) is 0 Å². The van der Waals surface area contributed by atoms with Crippen LogP contribution in [0.25, 0.3) is 0 Å². The van der Waals surface area contributed by atoms with Gasteiger partial charge in [0.15, 0.2) is 0 Å². The van der Waals surface area contributed by atoms with E-state index >= 15 is 0 Å². The highest BCUT2D eigenvalue weighted by Gasteiger charge is 2.08. The number of allylic oxidation sites excluding steroid dienone is 2. The predicted molar refractivity (Wildman–Crippen MR) is 77.5 cm³/mol. The molecule has 0 saturated carbocycles. The van der Waals surface area contributed by atoms with Crippen molar-refractivity contribution in [3.63, 3.8) is 0 Å². The average molecular weight is 230 g/mol.